The highest BCUT2D eigenvalue weighted by Crippen LogP contribution is 2.09. The second-order valence-corrected chi connectivity index (χ2v) is 4.88. The van der Waals surface area contributed by atoms with Gasteiger partial charge in [0.1, 0.15) is 6.54 Å². The SMILES string of the molecule is Cc1ccc(Cc2noc(Cn3cc(CN)nn3)n2)cc1. The third kappa shape index (κ3) is 3.32. The van der Waals surface area contributed by atoms with Crippen LogP contribution < -0.4 is 5.73 Å². The zero-order valence-electron chi connectivity index (χ0n) is 11.7. The Morgan fingerprint density at radius 2 is 2.05 bits per heavy atom. The second-order valence-electron chi connectivity index (χ2n) is 4.88. The third-order valence-corrected chi connectivity index (χ3v) is 3.09. The number of rotatable bonds is 5. The minimum Gasteiger partial charge on any atom is -0.337 e. The molecule has 0 saturated heterocycles. The summed E-state index contributed by atoms with van der Waals surface area (Å²) < 4.78 is 6.86. The molecule has 0 bridgehead atoms. The molecular formula is C14H16N6O. The van der Waals surface area contributed by atoms with Crippen LogP contribution >= 0.6 is 0 Å². The quantitative estimate of drug-likeness (QED) is 0.753. The molecule has 0 radical (unpaired) electrons. The van der Waals surface area contributed by atoms with Crippen molar-refractivity contribution in [2.45, 2.75) is 26.4 Å². The molecule has 0 fully saturated rings. The van der Waals surface area contributed by atoms with Crippen molar-refractivity contribution in [3.05, 3.63) is 59.0 Å². The van der Waals surface area contributed by atoms with Crippen molar-refractivity contribution in [1.29, 1.82) is 0 Å². The molecule has 108 valence electrons. The Morgan fingerprint density at radius 1 is 1.24 bits per heavy atom. The molecule has 0 aliphatic carbocycles. The predicted molar refractivity (Wildman–Crippen MR) is 75.3 cm³/mol. The molecule has 0 atom stereocenters. The van der Waals surface area contributed by atoms with Gasteiger partial charge in [0.2, 0.25) is 5.89 Å². The van der Waals surface area contributed by atoms with E-state index in [0.717, 1.165) is 11.3 Å². The van der Waals surface area contributed by atoms with E-state index in [1.165, 1.54) is 5.56 Å². The van der Waals surface area contributed by atoms with Crippen molar-refractivity contribution < 1.29 is 4.52 Å². The number of nitrogens with zero attached hydrogens (tertiary/aromatic N) is 5. The Hall–Kier alpha value is -2.54. The van der Waals surface area contributed by atoms with Crippen molar-refractivity contribution in [1.82, 2.24) is 25.1 Å². The van der Waals surface area contributed by atoms with E-state index < -0.39 is 0 Å². The first-order valence-electron chi connectivity index (χ1n) is 6.69. The zero-order valence-corrected chi connectivity index (χ0v) is 11.7. The van der Waals surface area contributed by atoms with E-state index in [4.69, 9.17) is 10.3 Å². The van der Waals surface area contributed by atoms with Crippen molar-refractivity contribution in [3.8, 4) is 0 Å². The van der Waals surface area contributed by atoms with Crippen LogP contribution in [0.3, 0.4) is 0 Å². The van der Waals surface area contributed by atoms with Gasteiger partial charge >= 0.3 is 0 Å². The highest BCUT2D eigenvalue weighted by atomic mass is 16.5. The highest BCUT2D eigenvalue weighted by molar-refractivity contribution is 5.23. The Morgan fingerprint density at radius 3 is 2.76 bits per heavy atom. The monoisotopic (exact) mass is 284 g/mol. The summed E-state index contributed by atoms with van der Waals surface area (Å²) in [6.07, 6.45) is 2.42. The van der Waals surface area contributed by atoms with Crippen LogP contribution in [-0.4, -0.2) is 25.1 Å². The number of hydrogen-bond acceptors (Lipinski definition) is 6. The van der Waals surface area contributed by atoms with Crippen LogP contribution in [0.25, 0.3) is 0 Å². The summed E-state index contributed by atoms with van der Waals surface area (Å²) in [6, 6.07) is 8.27. The van der Waals surface area contributed by atoms with Gasteiger partial charge < -0.3 is 10.3 Å². The van der Waals surface area contributed by atoms with Gasteiger partial charge in [-0.1, -0.05) is 40.2 Å². The zero-order chi connectivity index (χ0) is 14.7. The number of aromatic nitrogens is 5. The molecule has 1 aromatic carbocycles. The summed E-state index contributed by atoms with van der Waals surface area (Å²) in [5, 5.41) is 11.8. The first-order chi connectivity index (χ1) is 10.2. The summed E-state index contributed by atoms with van der Waals surface area (Å²) in [7, 11) is 0. The average molecular weight is 284 g/mol. The van der Waals surface area contributed by atoms with Gasteiger partial charge in [-0.15, -0.1) is 5.10 Å². The smallest absolute Gasteiger partial charge is 0.248 e. The van der Waals surface area contributed by atoms with Crippen LogP contribution in [0, 0.1) is 6.92 Å². The molecule has 0 spiro atoms. The lowest BCUT2D eigenvalue weighted by Gasteiger charge is -1.97. The first-order valence-corrected chi connectivity index (χ1v) is 6.69. The summed E-state index contributed by atoms with van der Waals surface area (Å²) in [5.41, 5.74) is 8.60. The van der Waals surface area contributed by atoms with Gasteiger partial charge in [0.15, 0.2) is 5.82 Å². The maximum Gasteiger partial charge on any atom is 0.248 e. The molecule has 0 unspecified atom stereocenters. The van der Waals surface area contributed by atoms with Crippen molar-refractivity contribution in [2.75, 3.05) is 0 Å². The fourth-order valence-corrected chi connectivity index (χ4v) is 1.96. The molecule has 7 heteroatoms. The van der Waals surface area contributed by atoms with Crippen LogP contribution in [0.5, 0.6) is 0 Å². The summed E-state index contributed by atoms with van der Waals surface area (Å²) in [4.78, 5) is 4.36. The molecule has 2 N–H and O–H groups in total. The van der Waals surface area contributed by atoms with E-state index in [1.54, 1.807) is 10.9 Å². The van der Waals surface area contributed by atoms with Crippen molar-refractivity contribution >= 4 is 0 Å². The lowest BCUT2D eigenvalue weighted by atomic mass is 10.1. The third-order valence-electron chi connectivity index (χ3n) is 3.09. The van der Waals surface area contributed by atoms with E-state index in [9.17, 15) is 0 Å². The molecule has 0 saturated carbocycles. The van der Waals surface area contributed by atoms with Crippen molar-refractivity contribution in [3.63, 3.8) is 0 Å². The van der Waals surface area contributed by atoms with Crippen molar-refractivity contribution in [2.24, 2.45) is 5.73 Å². The Bertz CT molecular complexity index is 715. The van der Waals surface area contributed by atoms with Gasteiger partial charge in [-0.3, -0.25) is 0 Å². The topological polar surface area (TPSA) is 95.7 Å². The average Bonchev–Trinajstić information content (AvgIpc) is 3.11. The predicted octanol–water partition coefficient (Wildman–Crippen LogP) is 1.07. The fourth-order valence-electron chi connectivity index (χ4n) is 1.96. The second kappa shape index (κ2) is 5.84. The molecule has 0 amide bonds. The lowest BCUT2D eigenvalue weighted by Crippen LogP contribution is -2.01. The maximum atomic E-state index is 5.49. The summed E-state index contributed by atoms with van der Waals surface area (Å²) >= 11 is 0. The van der Waals surface area contributed by atoms with E-state index in [2.05, 4.69) is 51.6 Å². The van der Waals surface area contributed by atoms with Gasteiger partial charge in [-0.05, 0) is 12.5 Å². The van der Waals surface area contributed by atoms with Crippen LogP contribution in [0.4, 0.5) is 0 Å². The van der Waals surface area contributed by atoms with E-state index in [0.29, 0.717) is 31.2 Å². The van der Waals surface area contributed by atoms with Gasteiger partial charge in [-0.25, -0.2) is 4.68 Å². The van der Waals surface area contributed by atoms with Crippen LogP contribution in [0.2, 0.25) is 0 Å². The molecule has 3 aromatic rings. The normalized spacial score (nSPS) is 11.0. The number of nitrogens with two attached hydrogens (primary N) is 1. The summed E-state index contributed by atoms with van der Waals surface area (Å²) in [6.45, 7) is 2.82. The highest BCUT2D eigenvalue weighted by Gasteiger charge is 2.09. The first kappa shape index (κ1) is 13.4. The number of hydrogen-bond donors (Lipinski definition) is 1. The maximum absolute atomic E-state index is 5.49. The van der Waals surface area contributed by atoms with E-state index in [-0.39, 0.29) is 0 Å². The van der Waals surface area contributed by atoms with Gasteiger partial charge in [0.05, 0.1) is 11.9 Å². The molecule has 3 rings (SSSR count). The standard InChI is InChI=1S/C14H16N6O/c1-10-2-4-11(5-3-10)6-13-16-14(21-18-13)9-20-8-12(7-15)17-19-20/h2-5,8H,6-7,9,15H2,1H3. The lowest BCUT2D eigenvalue weighted by molar-refractivity contribution is 0.360. The number of aryl methyl sites for hydroxylation is 1. The molecule has 21 heavy (non-hydrogen) atoms. The Balaban J connectivity index is 1.67. The fraction of sp³-hybridized carbons (Fsp3) is 0.286. The van der Waals surface area contributed by atoms with Gasteiger partial charge in [-0.2, -0.15) is 4.98 Å². The molecule has 2 aromatic heterocycles. The summed E-state index contributed by atoms with van der Waals surface area (Å²) in [5.74, 6) is 1.17. The minimum atomic E-state index is 0.364. The van der Waals surface area contributed by atoms with Crippen LogP contribution in [0.1, 0.15) is 28.5 Å². The minimum absolute atomic E-state index is 0.364. The Kier molecular flexibility index (Phi) is 3.74. The van der Waals surface area contributed by atoms with E-state index >= 15 is 0 Å². The number of benzene rings is 1. The van der Waals surface area contributed by atoms with E-state index in [1.807, 2.05) is 0 Å². The molecule has 0 aliphatic heterocycles. The largest absolute Gasteiger partial charge is 0.337 e. The molecular weight excluding hydrogens is 268 g/mol. The van der Waals surface area contributed by atoms with Crippen LogP contribution in [0.15, 0.2) is 35.0 Å². The molecule has 7 nitrogen and oxygen atoms in total. The molecule has 0 aliphatic rings. The van der Waals surface area contributed by atoms with Gasteiger partial charge in [0.25, 0.3) is 0 Å². The Labute approximate surface area is 121 Å². The van der Waals surface area contributed by atoms with Gasteiger partial charge in [0, 0.05) is 13.0 Å². The molecule has 2 heterocycles. The van der Waals surface area contributed by atoms with Crippen LogP contribution in [-0.2, 0) is 19.5 Å².